The molecule has 3 rings (SSSR count). The van der Waals surface area contributed by atoms with Crippen LogP contribution in [0.3, 0.4) is 0 Å². The van der Waals surface area contributed by atoms with Crippen LogP contribution in [-0.4, -0.2) is 45.2 Å². The fourth-order valence-electron chi connectivity index (χ4n) is 2.69. The van der Waals surface area contributed by atoms with Crippen LogP contribution >= 0.6 is 11.6 Å². The fourth-order valence-corrected chi connectivity index (χ4v) is 2.95. The molecule has 146 valence electrons. The number of carbonyl (C=O) groups is 2. The van der Waals surface area contributed by atoms with Crippen LogP contribution in [0.25, 0.3) is 5.78 Å². The van der Waals surface area contributed by atoms with Crippen molar-refractivity contribution in [2.24, 2.45) is 0 Å². The van der Waals surface area contributed by atoms with Crippen LogP contribution in [0.4, 0.5) is 5.69 Å². The number of anilines is 1. The molecule has 1 N–H and O–H groups in total. The molecule has 3 aromatic rings. The summed E-state index contributed by atoms with van der Waals surface area (Å²) in [5.41, 5.74) is 2.56. The number of fused-ring (bicyclic) bond motifs is 1. The van der Waals surface area contributed by atoms with Gasteiger partial charge in [-0.25, -0.2) is 9.50 Å². The molecule has 0 aliphatic rings. The van der Waals surface area contributed by atoms with Crippen LogP contribution < -0.4 is 10.1 Å². The summed E-state index contributed by atoms with van der Waals surface area (Å²) < 4.78 is 11.7. The number of esters is 1. The molecule has 0 radical (unpaired) electrons. The highest BCUT2D eigenvalue weighted by atomic mass is 35.5. The van der Waals surface area contributed by atoms with E-state index in [4.69, 9.17) is 21.1 Å². The zero-order valence-electron chi connectivity index (χ0n) is 15.5. The number of ether oxygens (including phenoxy) is 2. The number of hydrogen-bond donors (Lipinski definition) is 1. The predicted molar refractivity (Wildman–Crippen MR) is 102 cm³/mol. The van der Waals surface area contributed by atoms with E-state index in [9.17, 15) is 9.59 Å². The van der Waals surface area contributed by atoms with Gasteiger partial charge in [0.15, 0.2) is 6.61 Å². The average molecular weight is 404 g/mol. The summed E-state index contributed by atoms with van der Waals surface area (Å²) >= 11 is 6.01. The Bertz CT molecular complexity index is 1050. The van der Waals surface area contributed by atoms with E-state index >= 15 is 0 Å². The van der Waals surface area contributed by atoms with Crippen LogP contribution in [0.15, 0.2) is 24.5 Å². The van der Waals surface area contributed by atoms with Crippen molar-refractivity contribution in [1.29, 1.82) is 0 Å². The normalized spacial score (nSPS) is 10.7. The zero-order valence-corrected chi connectivity index (χ0v) is 16.3. The van der Waals surface area contributed by atoms with Crippen molar-refractivity contribution in [2.45, 2.75) is 20.3 Å². The van der Waals surface area contributed by atoms with E-state index in [2.05, 4.69) is 20.4 Å². The van der Waals surface area contributed by atoms with Gasteiger partial charge in [-0.1, -0.05) is 11.6 Å². The second-order valence-electron chi connectivity index (χ2n) is 5.97. The van der Waals surface area contributed by atoms with Crippen molar-refractivity contribution in [3.05, 3.63) is 46.5 Å². The van der Waals surface area contributed by atoms with Crippen LogP contribution in [0, 0.1) is 13.8 Å². The van der Waals surface area contributed by atoms with Crippen molar-refractivity contribution in [3.8, 4) is 5.75 Å². The lowest BCUT2D eigenvalue weighted by Gasteiger charge is -2.11. The first-order valence-corrected chi connectivity index (χ1v) is 8.71. The lowest BCUT2D eigenvalue weighted by Crippen LogP contribution is -2.22. The van der Waals surface area contributed by atoms with E-state index in [1.165, 1.54) is 13.4 Å². The van der Waals surface area contributed by atoms with Gasteiger partial charge in [-0.3, -0.25) is 9.59 Å². The summed E-state index contributed by atoms with van der Waals surface area (Å²) in [5.74, 6) is -0.0669. The summed E-state index contributed by atoms with van der Waals surface area (Å²) in [6.45, 7) is 3.18. The van der Waals surface area contributed by atoms with E-state index in [-0.39, 0.29) is 6.42 Å². The third-order valence-electron chi connectivity index (χ3n) is 4.11. The number of carbonyl (C=O) groups excluding carboxylic acids is 2. The lowest BCUT2D eigenvalue weighted by molar-refractivity contribution is -0.146. The van der Waals surface area contributed by atoms with E-state index in [0.717, 1.165) is 5.69 Å². The summed E-state index contributed by atoms with van der Waals surface area (Å²) in [4.78, 5) is 32.5. The number of methoxy groups -OCH3 is 1. The molecule has 0 bridgehead atoms. The van der Waals surface area contributed by atoms with Gasteiger partial charge in [-0.15, -0.1) is 0 Å². The van der Waals surface area contributed by atoms with Gasteiger partial charge < -0.3 is 14.8 Å². The molecular formula is C18H18ClN5O4. The molecule has 0 saturated carbocycles. The highest BCUT2D eigenvalue weighted by molar-refractivity contribution is 6.32. The number of nitrogens with one attached hydrogen (secondary N) is 1. The van der Waals surface area contributed by atoms with Crippen molar-refractivity contribution in [3.63, 3.8) is 0 Å². The number of rotatable bonds is 6. The number of amides is 1. The molecule has 2 aromatic heterocycles. The minimum atomic E-state index is -0.546. The quantitative estimate of drug-likeness (QED) is 0.628. The van der Waals surface area contributed by atoms with Gasteiger partial charge in [0.2, 0.25) is 0 Å². The molecule has 0 aliphatic heterocycles. The lowest BCUT2D eigenvalue weighted by atomic mass is 10.1. The number of halogens is 1. The molecule has 0 saturated heterocycles. The zero-order chi connectivity index (χ0) is 20.3. The smallest absolute Gasteiger partial charge is 0.310 e. The first-order chi connectivity index (χ1) is 13.4. The molecule has 1 aromatic carbocycles. The SMILES string of the molecule is COc1ccc(NC(=O)COC(=O)Cc2c(C)nc3ncnn3c2C)cc1Cl. The molecule has 1 amide bonds. The molecular weight excluding hydrogens is 386 g/mol. The van der Waals surface area contributed by atoms with Crippen LogP contribution in [0.2, 0.25) is 5.02 Å². The molecule has 0 fully saturated rings. The maximum Gasteiger partial charge on any atom is 0.310 e. The van der Waals surface area contributed by atoms with Gasteiger partial charge in [-0.2, -0.15) is 10.1 Å². The summed E-state index contributed by atoms with van der Waals surface area (Å²) in [6, 6.07) is 4.81. The molecule has 10 heteroatoms. The van der Waals surface area contributed by atoms with Gasteiger partial charge in [0.25, 0.3) is 11.7 Å². The van der Waals surface area contributed by atoms with Gasteiger partial charge in [-0.05, 0) is 32.0 Å². The van der Waals surface area contributed by atoms with E-state index < -0.39 is 18.5 Å². The molecule has 0 aliphatic carbocycles. The summed E-state index contributed by atoms with van der Waals surface area (Å²) in [5, 5.41) is 7.04. The van der Waals surface area contributed by atoms with E-state index in [1.807, 2.05) is 6.92 Å². The second kappa shape index (κ2) is 8.22. The number of nitrogens with zero attached hydrogens (tertiary/aromatic N) is 4. The van der Waals surface area contributed by atoms with Crippen molar-refractivity contribution >= 4 is 34.9 Å². The average Bonchev–Trinajstić information content (AvgIpc) is 3.12. The molecule has 0 spiro atoms. The maximum absolute atomic E-state index is 12.2. The minimum Gasteiger partial charge on any atom is -0.495 e. The van der Waals surface area contributed by atoms with Crippen molar-refractivity contribution in [1.82, 2.24) is 19.6 Å². The number of aryl methyl sites for hydroxylation is 2. The van der Waals surface area contributed by atoms with Gasteiger partial charge in [0, 0.05) is 22.6 Å². The number of hydrogen-bond acceptors (Lipinski definition) is 7. The highest BCUT2D eigenvalue weighted by Crippen LogP contribution is 2.27. The topological polar surface area (TPSA) is 108 Å². The third-order valence-corrected chi connectivity index (χ3v) is 4.40. The van der Waals surface area contributed by atoms with Crippen LogP contribution in [0.5, 0.6) is 5.75 Å². The Morgan fingerprint density at radius 2 is 2.07 bits per heavy atom. The van der Waals surface area contributed by atoms with Crippen LogP contribution in [0.1, 0.15) is 17.0 Å². The second-order valence-corrected chi connectivity index (χ2v) is 6.38. The van der Waals surface area contributed by atoms with Crippen molar-refractivity contribution < 1.29 is 19.1 Å². The third kappa shape index (κ3) is 4.20. The maximum atomic E-state index is 12.2. The van der Waals surface area contributed by atoms with Gasteiger partial charge >= 0.3 is 5.97 Å². The van der Waals surface area contributed by atoms with Gasteiger partial charge in [0.05, 0.1) is 18.6 Å². The molecule has 0 unspecified atom stereocenters. The Labute approximate surface area is 165 Å². The highest BCUT2D eigenvalue weighted by Gasteiger charge is 2.16. The largest absolute Gasteiger partial charge is 0.495 e. The van der Waals surface area contributed by atoms with Crippen molar-refractivity contribution in [2.75, 3.05) is 19.0 Å². The molecule has 9 nitrogen and oxygen atoms in total. The molecule has 2 heterocycles. The van der Waals surface area contributed by atoms with Crippen LogP contribution in [-0.2, 0) is 20.7 Å². The number of aromatic nitrogens is 4. The Balaban J connectivity index is 1.58. The summed E-state index contributed by atoms with van der Waals surface area (Å²) in [7, 11) is 1.50. The Morgan fingerprint density at radius 1 is 1.29 bits per heavy atom. The molecule has 0 atom stereocenters. The minimum absolute atomic E-state index is 0.0257. The first-order valence-electron chi connectivity index (χ1n) is 8.34. The molecule has 28 heavy (non-hydrogen) atoms. The fraction of sp³-hybridized carbons (Fsp3) is 0.278. The first kappa shape index (κ1) is 19.6. The standard InChI is InChI=1S/C18H18ClN5O4/c1-10-13(11(2)24-18(22-10)20-9-21-24)7-17(26)28-8-16(25)23-12-4-5-15(27-3)14(19)6-12/h4-6,9H,7-8H2,1-3H3,(H,23,25). The summed E-state index contributed by atoms with van der Waals surface area (Å²) in [6.07, 6.45) is 1.37. The van der Waals surface area contributed by atoms with E-state index in [1.54, 1.807) is 29.6 Å². The number of benzene rings is 1. The monoisotopic (exact) mass is 403 g/mol. The van der Waals surface area contributed by atoms with E-state index in [0.29, 0.717) is 33.5 Å². The van der Waals surface area contributed by atoms with Gasteiger partial charge in [0.1, 0.15) is 12.1 Å². The Morgan fingerprint density at radius 3 is 2.79 bits per heavy atom. The Kier molecular flexibility index (Phi) is 5.74. The Hall–Kier alpha value is -3.20. The predicted octanol–water partition coefficient (Wildman–Crippen LogP) is 2.13.